The van der Waals surface area contributed by atoms with Crippen molar-refractivity contribution in [2.45, 2.75) is 64.1 Å². The molecule has 29 heavy (non-hydrogen) atoms. The van der Waals surface area contributed by atoms with Crippen molar-refractivity contribution >= 4 is 23.6 Å². The van der Waals surface area contributed by atoms with Gasteiger partial charge in [0, 0.05) is 29.7 Å². The van der Waals surface area contributed by atoms with Gasteiger partial charge < -0.3 is 10.2 Å². The number of benzene rings is 2. The third-order valence-corrected chi connectivity index (χ3v) is 6.11. The Morgan fingerprint density at radius 2 is 1.69 bits per heavy atom. The van der Waals surface area contributed by atoms with Gasteiger partial charge in [-0.1, -0.05) is 49.4 Å². The minimum Gasteiger partial charge on any atom is -0.352 e. The van der Waals surface area contributed by atoms with Crippen LogP contribution in [0.3, 0.4) is 0 Å². The van der Waals surface area contributed by atoms with E-state index in [0.717, 1.165) is 22.4 Å². The quantitative estimate of drug-likeness (QED) is 0.570. The number of carbonyl (C=O) groups is 2. The van der Waals surface area contributed by atoms with Crippen molar-refractivity contribution in [3.05, 3.63) is 65.7 Å². The lowest BCUT2D eigenvalue weighted by atomic mass is 10.1. The Morgan fingerprint density at radius 3 is 2.34 bits per heavy atom. The SMILES string of the molecule is CC[C@@H](C)NC(=O)[C@@H](C)N(Cc1ccccc1C)C(=O)CCSc1ccccc1. The molecule has 0 bridgehead atoms. The predicted octanol–water partition coefficient (Wildman–Crippen LogP) is 4.81. The molecule has 2 atom stereocenters. The van der Waals surface area contributed by atoms with Gasteiger partial charge in [0.2, 0.25) is 11.8 Å². The van der Waals surface area contributed by atoms with Gasteiger partial charge >= 0.3 is 0 Å². The number of amides is 2. The number of hydrogen-bond donors (Lipinski definition) is 1. The molecule has 2 rings (SSSR count). The molecule has 0 aliphatic carbocycles. The number of nitrogens with zero attached hydrogens (tertiary/aromatic N) is 1. The second-order valence-corrected chi connectivity index (χ2v) is 8.52. The molecule has 5 heteroatoms. The normalized spacial score (nSPS) is 12.8. The van der Waals surface area contributed by atoms with Crippen LogP contribution in [0.5, 0.6) is 0 Å². The van der Waals surface area contributed by atoms with Crippen LogP contribution in [-0.2, 0) is 16.1 Å². The maximum atomic E-state index is 13.1. The Hall–Kier alpha value is -2.27. The lowest BCUT2D eigenvalue weighted by Gasteiger charge is -2.30. The molecule has 0 saturated heterocycles. The first-order valence-electron chi connectivity index (χ1n) is 10.2. The topological polar surface area (TPSA) is 49.4 Å². The average Bonchev–Trinajstić information content (AvgIpc) is 2.73. The lowest BCUT2D eigenvalue weighted by molar-refractivity contribution is -0.140. The third kappa shape index (κ3) is 7.24. The van der Waals surface area contributed by atoms with Crippen LogP contribution in [0.1, 0.15) is 44.7 Å². The van der Waals surface area contributed by atoms with E-state index in [1.165, 1.54) is 0 Å². The van der Waals surface area contributed by atoms with Crippen LogP contribution in [0.15, 0.2) is 59.5 Å². The summed E-state index contributed by atoms with van der Waals surface area (Å²) in [4.78, 5) is 28.7. The molecule has 0 aromatic heterocycles. The molecule has 0 saturated carbocycles. The second kappa shape index (κ2) is 11.7. The molecule has 0 spiro atoms. The second-order valence-electron chi connectivity index (χ2n) is 7.35. The Labute approximate surface area is 179 Å². The lowest BCUT2D eigenvalue weighted by Crippen LogP contribution is -2.49. The van der Waals surface area contributed by atoms with Crippen LogP contribution in [0.25, 0.3) is 0 Å². The zero-order valence-corrected chi connectivity index (χ0v) is 18.7. The zero-order valence-electron chi connectivity index (χ0n) is 17.9. The van der Waals surface area contributed by atoms with Gasteiger partial charge in [-0.3, -0.25) is 9.59 Å². The Balaban J connectivity index is 2.08. The van der Waals surface area contributed by atoms with E-state index in [0.29, 0.717) is 18.7 Å². The van der Waals surface area contributed by atoms with Gasteiger partial charge in [-0.2, -0.15) is 0 Å². The molecule has 4 nitrogen and oxygen atoms in total. The highest BCUT2D eigenvalue weighted by Crippen LogP contribution is 2.20. The average molecular weight is 413 g/mol. The van der Waals surface area contributed by atoms with Gasteiger partial charge in [0.15, 0.2) is 0 Å². The first-order valence-corrected chi connectivity index (χ1v) is 11.2. The van der Waals surface area contributed by atoms with Gasteiger partial charge in [-0.05, 0) is 50.5 Å². The number of nitrogens with one attached hydrogen (secondary N) is 1. The first-order chi connectivity index (χ1) is 13.9. The summed E-state index contributed by atoms with van der Waals surface area (Å²) in [5.41, 5.74) is 2.19. The Kier molecular flexibility index (Phi) is 9.26. The number of hydrogen-bond acceptors (Lipinski definition) is 3. The van der Waals surface area contributed by atoms with Crippen LogP contribution in [0.2, 0.25) is 0 Å². The van der Waals surface area contributed by atoms with Gasteiger partial charge in [-0.25, -0.2) is 0 Å². The van der Waals surface area contributed by atoms with Gasteiger partial charge in [-0.15, -0.1) is 11.8 Å². The minimum absolute atomic E-state index is 0.00323. The van der Waals surface area contributed by atoms with Crippen LogP contribution < -0.4 is 5.32 Å². The highest BCUT2D eigenvalue weighted by atomic mass is 32.2. The molecular weight excluding hydrogens is 380 g/mol. The molecule has 0 aliphatic rings. The summed E-state index contributed by atoms with van der Waals surface area (Å²) in [5, 5.41) is 3.01. The molecule has 2 amide bonds. The molecule has 0 heterocycles. The van der Waals surface area contributed by atoms with Crippen LogP contribution in [0.4, 0.5) is 0 Å². The van der Waals surface area contributed by atoms with Crippen LogP contribution in [0, 0.1) is 6.92 Å². The maximum Gasteiger partial charge on any atom is 0.242 e. The highest BCUT2D eigenvalue weighted by Gasteiger charge is 2.26. The summed E-state index contributed by atoms with van der Waals surface area (Å²) in [6.07, 6.45) is 1.25. The van der Waals surface area contributed by atoms with Crippen molar-refractivity contribution in [2.24, 2.45) is 0 Å². The zero-order chi connectivity index (χ0) is 21.2. The summed E-state index contributed by atoms with van der Waals surface area (Å²) in [6.45, 7) is 8.31. The van der Waals surface area contributed by atoms with Crippen LogP contribution >= 0.6 is 11.8 Å². The van der Waals surface area contributed by atoms with E-state index in [1.807, 2.05) is 82.3 Å². The molecule has 156 valence electrons. The van der Waals surface area contributed by atoms with E-state index in [9.17, 15) is 9.59 Å². The predicted molar refractivity (Wildman–Crippen MR) is 121 cm³/mol. The van der Waals surface area contributed by atoms with E-state index < -0.39 is 6.04 Å². The number of carbonyl (C=O) groups excluding carboxylic acids is 2. The summed E-state index contributed by atoms with van der Waals surface area (Å²) in [5.74, 6) is 0.591. The van der Waals surface area contributed by atoms with Crippen molar-refractivity contribution in [3.8, 4) is 0 Å². The van der Waals surface area contributed by atoms with Crippen molar-refractivity contribution in [2.75, 3.05) is 5.75 Å². The van der Waals surface area contributed by atoms with Crippen molar-refractivity contribution < 1.29 is 9.59 Å². The standard InChI is InChI=1S/C24H32N2O2S/c1-5-19(3)25-24(28)20(4)26(17-21-12-10-9-11-18(21)2)23(27)15-16-29-22-13-7-6-8-14-22/h6-14,19-20H,5,15-17H2,1-4H3,(H,25,28)/t19-,20-/m1/s1. The molecule has 2 aromatic carbocycles. The van der Waals surface area contributed by atoms with E-state index in [4.69, 9.17) is 0 Å². The van der Waals surface area contributed by atoms with E-state index in [-0.39, 0.29) is 17.9 Å². The summed E-state index contributed by atoms with van der Waals surface area (Å²) >= 11 is 1.66. The fourth-order valence-electron chi connectivity index (χ4n) is 2.94. The minimum atomic E-state index is -0.516. The maximum absolute atomic E-state index is 13.1. The van der Waals surface area contributed by atoms with Gasteiger partial charge in [0.25, 0.3) is 0 Å². The molecule has 1 N–H and O–H groups in total. The molecule has 0 unspecified atom stereocenters. The highest BCUT2D eigenvalue weighted by molar-refractivity contribution is 7.99. The molecule has 0 fully saturated rings. The van der Waals surface area contributed by atoms with Gasteiger partial charge in [0.1, 0.15) is 6.04 Å². The van der Waals surface area contributed by atoms with Crippen molar-refractivity contribution in [1.82, 2.24) is 10.2 Å². The van der Waals surface area contributed by atoms with Crippen molar-refractivity contribution in [3.63, 3.8) is 0 Å². The number of aryl methyl sites for hydroxylation is 1. The third-order valence-electron chi connectivity index (χ3n) is 5.10. The largest absolute Gasteiger partial charge is 0.352 e. The Morgan fingerprint density at radius 1 is 1.03 bits per heavy atom. The van der Waals surface area contributed by atoms with E-state index in [2.05, 4.69) is 5.32 Å². The smallest absolute Gasteiger partial charge is 0.242 e. The first kappa shape index (κ1) is 23.0. The summed E-state index contributed by atoms with van der Waals surface area (Å²) < 4.78 is 0. The van der Waals surface area contributed by atoms with E-state index >= 15 is 0 Å². The van der Waals surface area contributed by atoms with E-state index in [1.54, 1.807) is 16.7 Å². The van der Waals surface area contributed by atoms with Crippen molar-refractivity contribution in [1.29, 1.82) is 0 Å². The van der Waals surface area contributed by atoms with Crippen LogP contribution in [-0.4, -0.2) is 34.6 Å². The molecular formula is C24H32N2O2S. The molecule has 2 aromatic rings. The number of rotatable bonds is 10. The molecule has 0 aliphatic heterocycles. The summed E-state index contributed by atoms with van der Waals surface area (Å²) in [6, 6.07) is 17.7. The fraction of sp³-hybridized carbons (Fsp3) is 0.417. The van der Waals surface area contributed by atoms with Gasteiger partial charge in [0.05, 0.1) is 0 Å². The molecule has 0 radical (unpaired) electrons. The summed E-state index contributed by atoms with van der Waals surface area (Å²) in [7, 11) is 0. The monoisotopic (exact) mass is 412 g/mol. The fourth-order valence-corrected chi connectivity index (χ4v) is 3.80. The Bertz CT molecular complexity index is 794. The number of thioether (sulfide) groups is 1.